The summed E-state index contributed by atoms with van der Waals surface area (Å²) < 4.78 is 4.92. The van der Waals surface area contributed by atoms with Crippen molar-refractivity contribution in [3.8, 4) is 0 Å². The van der Waals surface area contributed by atoms with Crippen LogP contribution in [-0.4, -0.2) is 29.2 Å². The van der Waals surface area contributed by atoms with Crippen LogP contribution in [0.4, 0.5) is 22.0 Å². The van der Waals surface area contributed by atoms with E-state index in [4.69, 9.17) is 16.3 Å². The summed E-state index contributed by atoms with van der Waals surface area (Å²) in [6, 6.07) is 7.39. The van der Waals surface area contributed by atoms with E-state index in [9.17, 15) is 4.79 Å². The third-order valence-corrected chi connectivity index (χ3v) is 3.13. The molecule has 1 fully saturated rings. The van der Waals surface area contributed by atoms with Crippen LogP contribution in [0.5, 0.6) is 0 Å². The number of nitrogens with one attached hydrogen (secondary N) is 1. The van der Waals surface area contributed by atoms with Crippen LogP contribution in [-0.2, 0) is 4.74 Å². The van der Waals surface area contributed by atoms with E-state index in [1.165, 1.54) is 12.5 Å². The lowest BCUT2D eigenvalue weighted by molar-refractivity contribution is 0.181. The molecule has 102 valence electrons. The molecular formula is C13H11ClN4O2. The summed E-state index contributed by atoms with van der Waals surface area (Å²) in [5, 5.41) is 3.52. The SMILES string of the molecule is O=C1OCCN1c1cccc(Nc2ncncc2Cl)c1. The fourth-order valence-electron chi connectivity index (χ4n) is 1.92. The summed E-state index contributed by atoms with van der Waals surface area (Å²) >= 11 is 5.99. The average Bonchev–Trinajstić information content (AvgIpc) is 2.88. The van der Waals surface area contributed by atoms with Crippen LogP contribution in [0.1, 0.15) is 0 Å². The van der Waals surface area contributed by atoms with Crippen molar-refractivity contribution in [3.63, 3.8) is 0 Å². The third kappa shape index (κ3) is 2.50. The summed E-state index contributed by atoms with van der Waals surface area (Å²) in [6.07, 6.45) is 2.59. The van der Waals surface area contributed by atoms with Gasteiger partial charge < -0.3 is 10.1 Å². The van der Waals surface area contributed by atoms with E-state index in [0.29, 0.717) is 24.0 Å². The molecule has 6 nitrogen and oxygen atoms in total. The minimum Gasteiger partial charge on any atom is -0.447 e. The monoisotopic (exact) mass is 290 g/mol. The Bertz CT molecular complexity index is 650. The molecule has 20 heavy (non-hydrogen) atoms. The fourth-order valence-corrected chi connectivity index (χ4v) is 2.07. The first-order valence-corrected chi connectivity index (χ1v) is 6.39. The van der Waals surface area contributed by atoms with Crippen molar-refractivity contribution in [3.05, 3.63) is 41.8 Å². The predicted octanol–water partition coefficient (Wildman–Crippen LogP) is 2.83. The van der Waals surface area contributed by atoms with E-state index < -0.39 is 0 Å². The van der Waals surface area contributed by atoms with Gasteiger partial charge in [0.05, 0.1) is 12.7 Å². The summed E-state index contributed by atoms with van der Waals surface area (Å²) in [6.45, 7) is 0.963. The molecule has 0 spiro atoms. The molecule has 2 aromatic rings. The van der Waals surface area contributed by atoms with Crippen molar-refractivity contribution in [2.24, 2.45) is 0 Å². The second-order valence-electron chi connectivity index (χ2n) is 4.16. The van der Waals surface area contributed by atoms with E-state index in [0.717, 1.165) is 11.4 Å². The summed E-state index contributed by atoms with van der Waals surface area (Å²) in [5.41, 5.74) is 1.55. The van der Waals surface area contributed by atoms with Crippen molar-refractivity contribution in [2.45, 2.75) is 0 Å². The fraction of sp³-hybridized carbons (Fsp3) is 0.154. The van der Waals surface area contributed by atoms with Gasteiger partial charge in [0.25, 0.3) is 0 Å². The molecule has 3 rings (SSSR count). The number of rotatable bonds is 3. The van der Waals surface area contributed by atoms with E-state index in [-0.39, 0.29) is 6.09 Å². The van der Waals surface area contributed by atoms with Gasteiger partial charge in [-0.05, 0) is 18.2 Å². The van der Waals surface area contributed by atoms with Crippen molar-refractivity contribution in [2.75, 3.05) is 23.4 Å². The minimum atomic E-state index is -0.331. The topological polar surface area (TPSA) is 67.3 Å². The van der Waals surface area contributed by atoms with Crippen LogP contribution >= 0.6 is 11.6 Å². The second-order valence-corrected chi connectivity index (χ2v) is 4.57. The van der Waals surface area contributed by atoms with Crippen molar-refractivity contribution >= 4 is 34.9 Å². The number of carbonyl (C=O) groups excluding carboxylic acids is 1. The minimum absolute atomic E-state index is 0.331. The first kappa shape index (κ1) is 12.7. The number of anilines is 3. The van der Waals surface area contributed by atoms with Crippen molar-refractivity contribution in [1.82, 2.24) is 9.97 Å². The van der Waals surface area contributed by atoms with E-state index in [2.05, 4.69) is 15.3 Å². The maximum Gasteiger partial charge on any atom is 0.414 e. The standard InChI is InChI=1S/C13H11ClN4O2/c14-11-7-15-8-16-12(11)17-9-2-1-3-10(6-9)18-4-5-20-13(18)19/h1-3,6-8H,4-5H2,(H,15,16,17). The molecule has 7 heteroatoms. The van der Waals surface area contributed by atoms with Crippen molar-refractivity contribution in [1.29, 1.82) is 0 Å². The van der Waals surface area contributed by atoms with Gasteiger partial charge in [-0.1, -0.05) is 17.7 Å². The van der Waals surface area contributed by atoms with Crippen LogP contribution in [0.25, 0.3) is 0 Å². The Kier molecular flexibility index (Phi) is 3.39. The molecular weight excluding hydrogens is 280 g/mol. The van der Waals surface area contributed by atoms with Crippen LogP contribution in [0.3, 0.4) is 0 Å². The maximum absolute atomic E-state index is 11.5. The van der Waals surface area contributed by atoms with Crippen LogP contribution in [0.15, 0.2) is 36.8 Å². The van der Waals surface area contributed by atoms with Gasteiger partial charge >= 0.3 is 6.09 Å². The molecule has 1 aromatic heterocycles. The summed E-state index contributed by atoms with van der Waals surface area (Å²) in [5.74, 6) is 0.516. The lowest BCUT2D eigenvalue weighted by Crippen LogP contribution is -2.23. The van der Waals surface area contributed by atoms with Gasteiger partial charge in [-0.25, -0.2) is 14.8 Å². The summed E-state index contributed by atoms with van der Waals surface area (Å²) in [4.78, 5) is 21.0. The highest BCUT2D eigenvalue weighted by Gasteiger charge is 2.23. The molecule has 0 saturated carbocycles. The molecule has 1 saturated heterocycles. The Morgan fingerprint density at radius 2 is 2.30 bits per heavy atom. The van der Waals surface area contributed by atoms with Crippen LogP contribution in [0.2, 0.25) is 5.02 Å². The summed E-state index contributed by atoms with van der Waals surface area (Å²) in [7, 11) is 0. The number of cyclic esters (lactones) is 1. The Hall–Kier alpha value is -2.34. The van der Waals surface area contributed by atoms with Crippen LogP contribution < -0.4 is 10.2 Å². The molecule has 0 unspecified atom stereocenters. The normalized spacial score (nSPS) is 14.2. The van der Waals surface area contributed by atoms with Gasteiger partial charge in [-0.15, -0.1) is 0 Å². The number of benzene rings is 1. The molecule has 2 heterocycles. The molecule has 0 atom stereocenters. The smallest absolute Gasteiger partial charge is 0.414 e. The first-order valence-electron chi connectivity index (χ1n) is 6.01. The van der Waals surface area contributed by atoms with Gasteiger partial charge in [0.1, 0.15) is 18.0 Å². The van der Waals surface area contributed by atoms with Gasteiger partial charge in [0.2, 0.25) is 0 Å². The molecule has 0 aliphatic carbocycles. The molecule has 1 aliphatic heterocycles. The zero-order valence-electron chi connectivity index (χ0n) is 10.4. The van der Waals surface area contributed by atoms with Gasteiger partial charge in [-0.3, -0.25) is 4.90 Å². The highest BCUT2D eigenvalue weighted by atomic mass is 35.5. The Labute approximate surface area is 120 Å². The number of halogens is 1. The van der Waals surface area contributed by atoms with Gasteiger partial charge in [0.15, 0.2) is 5.82 Å². The zero-order valence-corrected chi connectivity index (χ0v) is 11.2. The lowest BCUT2D eigenvalue weighted by atomic mass is 10.2. The number of aromatic nitrogens is 2. The van der Waals surface area contributed by atoms with E-state index in [1.54, 1.807) is 4.90 Å². The molecule has 0 radical (unpaired) electrons. The first-order chi connectivity index (χ1) is 9.74. The number of carbonyl (C=O) groups is 1. The van der Waals surface area contributed by atoms with E-state index in [1.807, 2.05) is 24.3 Å². The lowest BCUT2D eigenvalue weighted by Gasteiger charge is -2.14. The van der Waals surface area contributed by atoms with Crippen molar-refractivity contribution < 1.29 is 9.53 Å². The predicted molar refractivity (Wildman–Crippen MR) is 75.5 cm³/mol. The number of hydrogen-bond acceptors (Lipinski definition) is 5. The zero-order chi connectivity index (χ0) is 13.9. The number of amides is 1. The average molecular weight is 291 g/mol. The maximum atomic E-state index is 11.5. The number of nitrogens with zero attached hydrogens (tertiary/aromatic N) is 3. The Morgan fingerprint density at radius 1 is 1.40 bits per heavy atom. The Morgan fingerprint density at radius 3 is 3.05 bits per heavy atom. The number of ether oxygens (including phenoxy) is 1. The highest BCUT2D eigenvalue weighted by Crippen LogP contribution is 2.26. The largest absolute Gasteiger partial charge is 0.447 e. The quantitative estimate of drug-likeness (QED) is 0.941. The molecule has 1 amide bonds. The van der Waals surface area contributed by atoms with E-state index >= 15 is 0 Å². The highest BCUT2D eigenvalue weighted by molar-refractivity contribution is 6.32. The number of hydrogen-bond donors (Lipinski definition) is 1. The van der Waals surface area contributed by atoms with Gasteiger partial charge in [-0.2, -0.15) is 0 Å². The Balaban J connectivity index is 1.85. The second kappa shape index (κ2) is 5.34. The molecule has 1 aliphatic rings. The molecule has 0 bridgehead atoms. The third-order valence-electron chi connectivity index (χ3n) is 2.85. The van der Waals surface area contributed by atoms with Gasteiger partial charge in [0, 0.05) is 11.4 Å². The van der Waals surface area contributed by atoms with Crippen LogP contribution in [0, 0.1) is 0 Å². The molecule has 1 N–H and O–H groups in total. The molecule has 1 aromatic carbocycles.